The Balaban J connectivity index is 1.87. The number of benzene rings is 2. The van der Waals surface area contributed by atoms with Gasteiger partial charge in [0.1, 0.15) is 0 Å². The molecule has 4 heteroatoms. The maximum Gasteiger partial charge on any atom is 0.167 e. The van der Waals surface area contributed by atoms with Gasteiger partial charge in [0.15, 0.2) is 5.16 Å². The molecule has 3 rings (SSSR count). The molecule has 1 heterocycles. The molecule has 1 unspecified atom stereocenters. The van der Waals surface area contributed by atoms with Crippen molar-refractivity contribution in [3.63, 3.8) is 0 Å². The maximum atomic E-state index is 5.93. The number of nitrogens with one attached hydrogen (secondary N) is 1. The first-order valence-corrected chi connectivity index (χ1v) is 7.52. The van der Waals surface area contributed by atoms with E-state index in [4.69, 9.17) is 5.73 Å². The highest BCUT2D eigenvalue weighted by Crippen LogP contribution is 2.33. The zero-order valence-corrected chi connectivity index (χ0v) is 12.2. The molecular weight excluding hydrogens is 266 g/mol. The second-order valence-electron chi connectivity index (χ2n) is 4.82. The molecule has 0 aliphatic heterocycles. The van der Waals surface area contributed by atoms with Gasteiger partial charge in [-0.25, -0.2) is 4.98 Å². The van der Waals surface area contributed by atoms with Gasteiger partial charge in [-0.3, -0.25) is 0 Å². The van der Waals surface area contributed by atoms with E-state index in [-0.39, 0.29) is 5.25 Å². The van der Waals surface area contributed by atoms with Crippen molar-refractivity contribution < 1.29 is 0 Å². The second kappa shape index (κ2) is 5.69. The number of hydrogen-bond donors (Lipinski definition) is 2. The number of nitrogens with zero attached hydrogens (tertiary/aromatic N) is 1. The summed E-state index contributed by atoms with van der Waals surface area (Å²) in [4.78, 5) is 7.94. The lowest BCUT2D eigenvalue weighted by Crippen LogP contribution is -2.09. The third kappa shape index (κ3) is 2.71. The molecular formula is C16H17N3S. The van der Waals surface area contributed by atoms with E-state index in [0.717, 1.165) is 16.2 Å². The van der Waals surface area contributed by atoms with Crippen LogP contribution in [0.25, 0.3) is 11.0 Å². The van der Waals surface area contributed by atoms with Crippen molar-refractivity contribution in [1.82, 2.24) is 9.97 Å². The first kappa shape index (κ1) is 13.2. The quantitative estimate of drug-likeness (QED) is 0.718. The van der Waals surface area contributed by atoms with E-state index in [1.807, 2.05) is 24.3 Å². The summed E-state index contributed by atoms with van der Waals surface area (Å²) in [7, 11) is 0. The average Bonchev–Trinajstić information content (AvgIpc) is 2.87. The van der Waals surface area contributed by atoms with Gasteiger partial charge in [0.05, 0.1) is 11.0 Å². The third-order valence-electron chi connectivity index (χ3n) is 3.25. The van der Waals surface area contributed by atoms with E-state index in [1.54, 1.807) is 11.8 Å². The minimum absolute atomic E-state index is 0.218. The molecule has 0 aliphatic carbocycles. The Bertz CT molecular complexity index is 687. The van der Waals surface area contributed by atoms with E-state index >= 15 is 0 Å². The molecule has 1 atom stereocenters. The van der Waals surface area contributed by atoms with Gasteiger partial charge in [0, 0.05) is 11.8 Å². The van der Waals surface area contributed by atoms with Crippen LogP contribution in [0.15, 0.2) is 53.7 Å². The Morgan fingerprint density at radius 3 is 2.80 bits per heavy atom. The molecule has 20 heavy (non-hydrogen) atoms. The molecule has 0 radical (unpaired) electrons. The van der Waals surface area contributed by atoms with Crippen molar-refractivity contribution in [3.8, 4) is 0 Å². The number of nitrogens with two attached hydrogens (primary N) is 1. The normalized spacial score (nSPS) is 12.7. The number of aryl methyl sites for hydroxylation is 1. The Labute approximate surface area is 122 Å². The van der Waals surface area contributed by atoms with Crippen molar-refractivity contribution in [2.45, 2.75) is 17.3 Å². The summed E-state index contributed by atoms with van der Waals surface area (Å²) in [6.07, 6.45) is 0. The molecule has 3 N–H and O–H groups in total. The van der Waals surface area contributed by atoms with E-state index in [0.29, 0.717) is 6.54 Å². The number of thioether (sulfide) groups is 1. The van der Waals surface area contributed by atoms with Crippen LogP contribution in [0, 0.1) is 6.92 Å². The highest BCUT2D eigenvalue weighted by Gasteiger charge is 2.14. The molecule has 102 valence electrons. The summed E-state index contributed by atoms with van der Waals surface area (Å²) in [5, 5.41) is 1.14. The van der Waals surface area contributed by atoms with Crippen LogP contribution in [-0.4, -0.2) is 16.5 Å². The fourth-order valence-corrected chi connectivity index (χ4v) is 3.21. The lowest BCUT2D eigenvalue weighted by molar-refractivity contribution is 0.927. The van der Waals surface area contributed by atoms with Gasteiger partial charge in [-0.2, -0.15) is 0 Å². The fraction of sp³-hybridized carbons (Fsp3) is 0.188. The lowest BCUT2D eigenvalue weighted by Gasteiger charge is -2.13. The molecule has 2 aromatic carbocycles. The van der Waals surface area contributed by atoms with Gasteiger partial charge in [0.2, 0.25) is 0 Å². The Morgan fingerprint density at radius 1 is 1.20 bits per heavy atom. The van der Waals surface area contributed by atoms with Crippen molar-refractivity contribution in [3.05, 3.63) is 59.7 Å². The third-order valence-corrected chi connectivity index (χ3v) is 4.42. The summed E-state index contributed by atoms with van der Waals surface area (Å²) in [5.41, 5.74) is 10.5. The summed E-state index contributed by atoms with van der Waals surface area (Å²) in [6.45, 7) is 2.69. The van der Waals surface area contributed by atoms with Crippen LogP contribution in [0.2, 0.25) is 0 Å². The molecule has 0 amide bonds. The zero-order chi connectivity index (χ0) is 13.9. The predicted molar refractivity (Wildman–Crippen MR) is 84.9 cm³/mol. The first-order chi connectivity index (χ1) is 9.76. The van der Waals surface area contributed by atoms with E-state index in [1.165, 1.54) is 11.1 Å². The zero-order valence-electron chi connectivity index (χ0n) is 11.3. The molecule has 0 fully saturated rings. The molecule has 0 bridgehead atoms. The second-order valence-corrected chi connectivity index (χ2v) is 6.01. The number of aromatic nitrogens is 2. The van der Waals surface area contributed by atoms with Crippen LogP contribution in [0.1, 0.15) is 16.4 Å². The Kier molecular flexibility index (Phi) is 3.76. The molecule has 3 aromatic rings. The van der Waals surface area contributed by atoms with Gasteiger partial charge in [-0.05, 0) is 24.6 Å². The van der Waals surface area contributed by atoms with Crippen molar-refractivity contribution in [1.29, 1.82) is 0 Å². The SMILES string of the molecule is Cc1cccc(C(CN)Sc2nc3ccccc3[nH]2)c1. The molecule has 0 saturated carbocycles. The topological polar surface area (TPSA) is 54.7 Å². The van der Waals surface area contributed by atoms with E-state index in [9.17, 15) is 0 Å². The standard InChI is InChI=1S/C16H17N3S/c1-11-5-4-6-12(9-11)15(10-17)20-16-18-13-7-2-3-8-14(13)19-16/h2-9,15H,10,17H2,1H3,(H,18,19). The monoisotopic (exact) mass is 283 g/mol. The van der Waals surface area contributed by atoms with Gasteiger partial charge in [0.25, 0.3) is 0 Å². The summed E-state index contributed by atoms with van der Waals surface area (Å²) in [6, 6.07) is 16.5. The average molecular weight is 283 g/mol. The van der Waals surface area contributed by atoms with Gasteiger partial charge >= 0.3 is 0 Å². The van der Waals surface area contributed by atoms with Crippen molar-refractivity contribution in [2.75, 3.05) is 6.54 Å². The largest absolute Gasteiger partial charge is 0.333 e. The molecule has 3 nitrogen and oxygen atoms in total. The molecule has 0 saturated heterocycles. The number of imidazole rings is 1. The Morgan fingerprint density at radius 2 is 2.05 bits per heavy atom. The van der Waals surface area contributed by atoms with Crippen LogP contribution in [-0.2, 0) is 0 Å². The summed E-state index contributed by atoms with van der Waals surface area (Å²) in [5.74, 6) is 0. The Hall–Kier alpha value is -1.78. The predicted octanol–water partition coefficient (Wildman–Crippen LogP) is 3.66. The number of aromatic amines is 1. The lowest BCUT2D eigenvalue weighted by atomic mass is 10.1. The number of para-hydroxylation sites is 2. The number of fused-ring (bicyclic) bond motifs is 1. The smallest absolute Gasteiger partial charge is 0.167 e. The van der Waals surface area contributed by atoms with Crippen molar-refractivity contribution in [2.24, 2.45) is 5.73 Å². The van der Waals surface area contributed by atoms with Crippen LogP contribution in [0.4, 0.5) is 0 Å². The fourth-order valence-electron chi connectivity index (χ4n) is 2.24. The summed E-state index contributed by atoms with van der Waals surface area (Å²) >= 11 is 1.68. The van der Waals surface area contributed by atoms with Gasteiger partial charge in [-0.1, -0.05) is 53.7 Å². The minimum Gasteiger partial charge on any atom is -0.333 e. The summed E-state index contributed by atoms with van der Waals surface area (Å²) < 4.78 is 0. The van der Waals surface area contributed by atoms with Crippen LogP contribution in [0.5, 0.6) is 0 Å². The van der Waals surface area contributed by atoms with Crippen LogP contribution >= 0.6 is 11.8 Å². The highest BCUT2D eigenvalue weighted by atomic mass is 32.2. The number of hydrogen-bond acceptors (Lipinski definition) is 3. The molecule has 0 spiro atoms. The van der Waals surface area contributed by atoms with E-state index < -0.39 is 0 Å². The van der Waals surface area contributed by atoms with Crippen LogP contribution in [0.3, 0.4) is 0 Å². The van der Waals surface area contributed by atoms with Crippen LogP contribution < -0.4 is 5.73 Å². The molecule has 1 aromatic heterocycles. The highest BCUT2D eigenvalue weighted by molar-refractivity contribution is 7.99. The molecule has 0 aliphatic rings. The first-order valence-electron chi connectivity index (χ1n) is 6.64. The van der Waals surface area contributed by atoms with Gasteiger partial charge in [-0.15, -0.1) is 0 Å². The van der Waals surface area contributed by atoms with E-state index in [2.05, 4.69) is 41.2 Å². The minimum atomic E-state index is 0.218. The maximum absolute atomic E-state index is 5.93. The number of H-pyrrole nitrogens is 1. The van der Waals surface area contributed by atoms with Gasteiger partial charge < -0.3 is 10.7 Å². The van der Waals surface area contributed by atoms with Crippen molar-refractivity contribution >= 4 is 22.8 Å². The number of rotatable bonds is 4.